The third-order valence-corrected chi connectivity index (χ3v) is 6.75. The molecular formula is C12H28AuP+. The number of hydrogen-bond donors (Lipinski definition) is 0. The average Bonchev–Trinajstić information content (AvgIpc) is 1.44. The summed E-state index contributed by atoms with van der Waals surface area (Å²) in [6, 6.07) is 0. The zero-order valence-electron chi connectivity index (χ0n) is 11.3. The van der Waals surface area contributed by atoms with E-state index in [0.29, 0.717) is 15.5 Å². The van der Waals surface area contributed by atoms with Gasteiger partial charge in [0.15, 0.2) is 0 Å². The molecule has 14 heavy (non-hydrogen) atoms. The van der Waals surface area contributed by atoms with Crippen LogP contribution < -0.4 is 0 Å². The molecule has 0 N–H and O–H groups in total. The van der Waals surface area contributed by atoms with E-state index >= 15 is 0 Å². The molecule has 0 spiro atoms. The molecule has 0 aliphatic carbocycles. The van der Waals surface area contributed by atoms with Crippen LogP contribution in [-0.4, -0.2) is 15.5 Å². The quantitative estimate of drug-likeness (QED) is 0.412. The van der Waals surface area contributed by atoms with Crippen molar-refractivity contribution in [2.75, 3.05) is 0 Å². The molecule has 0 saturated heterocycles. The first-order valence-electron chi connectivity index (χ1n) is 5.25. The summed E-state index contributed by atoms with van der Waals surface area (Å²) in [6.45, 7) is 21.6. The minimum absolute atomic E-state index is 0. The Morgan fingerprint density at radius 3 is 0.643 bits per heavy atom. The maximum Gasteiger partial charge on any atom is 0.0703 e. The second-order valence-electron chi connectivity index (χ2n) is 7.12. The van der Waals surface area contributed by atoms with Gasteiger partial charge in [0.05, 0.1) is 15.5 Å². The van der Waals surface area contributed by atoms with E-state index in [1.807, 2.05) is 0 Å². The van der Waals surface area contributed by atoms with E-state index in [1.165, 1.54) is 0 Å². The van der Waals surface area contributed by atoms with Crippen LogP contribution in [0.2, 0.25) is 0 Å². The molecule has 0 saturated carbocycles. The van der Waals surface area contributed by atoms with E-state index in [0.717, 1.165) is 0 Å². The molecule has 0 atom stereocenters. The molecular weight excluding hydrogens is 372 g/mol. The minimum Gasteiger partial charge on any atom is -0.0261 e. The van der Waals surface area contributed by atoms with Crippen molar-refractivity contribution >= 4 is 7.92 Å². The largest absolute Gasteiger partial charge is 0.0703 e. The van der Waals surface area contributed by atoms with Gasteiger partial charge >= 0.3 is 0 Å². The molecule has 0 aromatic heterocycles. The molecule has 0 aromatic carbocycles. The predicted octanol–water partition coefficient (Wildman–Crippen LogP) is 4.59. The van der Waals surface area contributed by atoms with Crippen LogP contribution in [0.4, 0.5) is 0 Å². The third kappa shape index (κ3) is 5.31. The van der Waals surface area contributed by atoms with E-state index in [1.54, 1.807) is 0 Å². The Morgan fingerprint density at radius 2 is 0.643 bits per heavy atom. The molecule has 0 unspecified atom stereocenters. The van der Waals surface area contributed by atoms with Crippen LogP contribution in [0.15, 0.2) is 0 Å². The van der Waals surface area contributed by atoms with Crippen molar-refractivity contribution in [3.05, 3.63) is 0 Å². The Morgan fingerprint density at radius 1 is 0.500 bits per heavy atom. The summed E-state index contributed by atoms with van der Waals surface area (Å²) in [7, 11) is -0.391. The fourth-order valence-corrected chi connectivity index (χ4v) is 10.1. The Balaban J connectivity index is 0. The SMILES string of the molecule is CC(C)(C)[PH+](C(C)(C)C)C(C)(C)C.[Au]. The van der Waals surface area contributed by atoms with E-state index in [2.05, 4.69) is 62.3 Å². The van der Waals surface area contributed by atoms with Crippen molar-refractivity contribution in [1.82, 2.24) is 0 Å². The van der Waals surface area contributed by atoms with Crippen LogP contribution >= 0.6 is 7.92 Å². The summed E-state index contributed by atoms with van der Waals surface area (Å²) < 4.78 is 0. The molecule has 0 rings (SSSR count). The van der Waals surface area contributed by atoms with Gasteiger partial charge in [-0.15, -0.1) is 0 Å². The van der Waals surface area contributed by atoms with Crippen LogP contribution in [0.1, 0.15) is 62.3 Å². The number of hydrogen-bond acceptors (Lipinski definition) is 0. The molecule has 0 fully saturated rings. The Bertz CT molecular complexity index is 133. The van der Waals surface area contributed by atoms with Gasteiger partial charge in [0.25, 0.3) is 0 Å². The van der Waals surface area contributed by atoms with Gasteiger partial charge in [0.1, 0.15) is 0 Å². The van der Waals surface area contributed by atoms with Crippen molar-refractivity contribution in [1.29, 1.82) is 0 Å². The zero-order valence-corrected chi connectivity index (χ0v) is 14.5. The molecule has 1 radical (unpaired) electrons. The monoisotopic (exact) mass is 400 g/mol. The molecule has 91 valence electrons. The second-order valence-corrected chi connectivity index (χ2v) is 12.4. The summed E-state index contributed by atoms with van der Waals surface area (Å²) in [5.74, 6) is 0. The average molecular weight is 400 g/mol. The van der Waals surface area contributed by atoms with Crippen LogP contribution in [0.3, 0.4) is 0 Å². The predicted molar refractivity (Wildman–Crippen MR) is 67.6 cm³/mol. The summed E-state index contributed by atoms with van der Waals surface area (Å²) in [6.07, 6.45) is 0. The van der Waals surface area contributed by atoms with Crippen molar-refractivity contribution in [3.8, 4) is 0 Å². The van der Waals surface area contributed by atoms with Gasteiger partial charge in [-0.3, -0.25) is 0 Å². The molecule has 0 aliphatic heterocycles. The van der Waals surface area contributed by atoms with E-state index in [9.17, 15) is 0 Å². The molecule has 0 bridgehead atoms. The van der Waals surface area contributed by atoms with E-state index in [4.69, 9.17) is 0 Å². The Kier molecular flexibility index (Phi) is 6.27. The standard InChI is InChI=1S/C12H27P.Au/c1-10(2,3)13(11(4,5)6)12(7,8)9;/h1-9H3;/p+1. The first-order chi connectivity index (χ1) is 5.37. The molecule has 0 aliphatic rings. The fourth-order valence-electron chi connectivity index (χ4n) is 3.38. The summed E-state index contributed by atoms with van der Waals surface area (Å²) in [5, 5.41) is 1.46. The van der Waals surface area contributed by atoms with Gasteiger partial charge in [0.2, 0.25) is 0 Å². The summed E-state index contributed by atoms with van der Waals surface area (Å²) in [4.78, 5) is 0. The van der Waals surface area contributed by atoms with Crippen molar-refractivity contribution < 1.29 is 22.4 Å². The van der Waals surface area contributed by atoms with Gasteiger partial charge in [-0.25, -0.2) is 0 Å². The zero-order chi connectivity index (χ0) is 11.1. The van der Waals surface area contributed by atoms with Gasteiger partial charge in [-0.2, -0.15) is 0 Å². The van der Waals surface area contributed by atoms with Crippen molar-refractivity contribution in [3.63, 3.8) is 0 Å². The Hall–Kier alpha value is 1.17. The maximum absolute atomic E-state index is 2.40. The molecule has 0 nitrogen and oxygen atoms in total. The number of rotatable bonds is 0. The van der Waals surface area contributed by atoms with Crippen LogP contribution in [0.5, 0.6) is 0 Å². The summed E-state index contributed by atoms with van der Waals surface area (Å²) in [5.41, 5.74) is 0. The minimum atomic E-state index is -0.391. The van der Waals surface area contributed by atoms with Crippen molar-refractivity contribution in [2.24, 2.45) is 0 Å². The molecule has 0 aromatic rings. The van der Waals surface area contributed by atoms with Gasteiger partial charge in [0, 0.05) is 30.3 Å². The van der Waals surface area contributed by atoms with E-state index in [-0.39, 0.29) is 22.4 Å². The van der Waals surface area contributed by atoms with Crippen molar-refractivity contribution in [2.45, 2.75) is 77.8 Å². The Labute approximate surface area is 108 Å². The van der Waals surface area contributed by atoms with Crippen LogP contribution in [0.25, 0.3) is 0 Å². The first-order valence-corrected chi connectivity index (χ1v) is 6.75. The molecule has 2 heteroatoms. The van der Waals surface area contributed by atoms with Gasteiger partial charge < -0.3 is 0 Å². The second kappa shape index (κ2) is 5.00. The van der Waals surface area contributed by atoms with E-state index < -0.39 is 7.92 Å². The van der Waals surface area contributed by atoms with Gasteiger partial charge in [-0.1, -0.05) is 0 Å². The summed E-state index contributed by atoms with van der Waals surface area (Å²) >= 11 is 0. The first kappa shape index (κ1) is 17.6. The topological polar surface area (TPSA) is 0 Å². The van der Waals surface area contributed by atoms with Crippen LogP contribution in [-0.2, 0) is 22.4 Å². The molecule has 0 amide bonds. The fraction of sp³-hybridized carbons (Fsp3) is 1.00. The smallest absolute Gasteiger partial charge is 0.0261 e. The normalized spacial score (nSPS) is 14.1. The third-order valence-electron chi connectivity index (χ3n) is 2.25. The maximum atomic E-state index is 2.40. The molecule has 0 heterocycles. The van der Waals surface area contributed by atoms with Gasteiger partial charge in [-0.05, 0) is 62.3 Å². The van der Waals surface area contributed by atoms with Crippen LogP contribution in [0, 0.1) is 0 Å².